The summed E-state index contributed by atoms with van der Waals surface area (Å²) in [5, 5.41) is 9.38. The maximum absolute atomic E-state index is 12.1. The van der Waals surface area contributed by atoms with Gasteiger partial charge in [0.15, 0.2) is 0 Å². The van der Waals surface area contributed by atoms with Crippen molar-refractivity contribution in [2.24, 2.45) is 0 Å². The Balaban J connectivity index is 1.96. The van der Waals surface area contributed by atoms with Crippen LogP contribution in [0, 0.1) is 0 Å². The molecule has 1 aromatic carbocycles. The lowest BCUT2D eigenvalue weighted by Crippen LogP contribution is -2.40. The third-order valence-electron chi connectivity index (χ3n) is 3.30. The third kappa shape index (κ3) is 4.93. The Morgan fingerprint density at radius 1 is 1.33 bits per heavy atom. The van der Waals surface area contributed by atoms with Crippen LogP contribution in [-0.4, -0.2) is 41.5 Å². The van der Waals surface area contributed by atoms with Gasteiger partial charge in [-0.2, -0.15) is 0 Å². The lowest BCUT2D eigenvalue weighted by molar-refractivity contribution is -0.274. The van der Waals surface area contributed by atoms with Gasteiger partial charge in [0.1, 0.15) is 5.75 Å². The van der Waals surface area contributed by atoms with E-state index in [-0.39, 0.29) is 24.2 Å². The normalized spacial score (nSPS) is 16.9. The van der Waals surface area contributed by atoms with Gasteiger partial charge in [0.2, 0.25) is 5.91 Å². The third-order valence-corrected chi connectivity index (χ3v) is 3.30. The average molecular weight is 303 g/mol. The van der Waals surface area contributed by atoms with E-state index in [4.69, 9.17) is 0 Å². The van der Waals surface area contributed by atoms with Crippen LogP contribution < -0.4 is 4.74 Å². The highest BCUT2D eigenvalue weighted by Gasteiger charge is 2.31. The molecule has 0 aromatic heterocycles. The molecule has 0 atom stereocenters. The number of alkyl halides is 3. The van der Waals surface area contributed by atoms with Gasteiger partial charge in [0, 0.05) is 13.1 Å². The molecule has 0 saturated carbocycles. The number of rotatable bonds is 3. The fraction of sp³-hybridized carbons (Fsp3) is 0.500. The summed E-state index contributed by atoms with van der Waals surface area (Å²) >= 11 is 0. The molecule has 1 aliphatic rings. The largest absolute Gasteiger partial charge is 0.573 e. The van der Waals surface area contributed by atoms with Crippen LogP contribution in [0.3, 0.4) is 0 Å². The molecule has 7 heteroatoms. The van der Waals surface area contributed by atoms with Crippen LogP contribution in [0.5, 0.6) is 5.75 Å². The second kappa shape index (κ2) is 6.34. The molecule has 116 valence electrons. The Morgan fingerprint density at radius 2 is 2.00 bits per heavy atom. The molecule has 0 radical (unpaired) electrons. The zero-order valence-corrected chi connectivity index (χ0v) is 11.3. The van der Waals surface area contributed by atoms with E-state index in [9.17, 15) is 23.1 Å². The molecule has 0 bridgehead atoms. The monoisotopic (exact) mass is 303 g/mol. The minimum Gasteiger partial charge on any atom is -0.406 e. The molecule has 2 rings (SSSR count). The van der Waals surface area contributed by atoms with E-state index in [0.717, 1.165) is 0 Å². The highest BCUT2D eigenvalue weighted by molar-refractivity contribution is 5.79. The topological polar surface area (TPSA) is 49.8 Å². The zero-order valence-electron chi connectivity index (χ0n) is 11.3. The number of ether oxygens (including phenoxy) is 1. The van der Waals surface area contributed by atoms with Crippen molar-refractivity contribution < 1.29 is 27.8 Å². The molecule has 1 saturated heterocycles. The van der Waals surface area contributed by atoms with Crippen molar-refractivity contribution in [3.05, 3.63) is 29.8 Å². The van der Waals surface area contributed by atoms with Gasteiger partial charge < -0.3 is 14.7 Å². The van der Waals surface area contributed by atoms with Crippen molar-refractivity contribution in [1.82, 2.24) is 4.90 Å². The maximum Gasteiger partial charge on any atom is 0.573 e. The number of aliphatic hydroxyl groups excluding tert-OH is 1. The minimum atomic E-state index is -4.74. The Morgan fingerprint density at radius 3 is 2.62 bits per heavy atom. The lowest BCUT2D eigenvalue weighted by Gasteiger charge is -2.29. The van der Waals surface area contributed by atoms with Crippen LogP contribution in [-0.2, 0) is 11.2 Å². The van der Waals surface area contributed by atoms with Crippen LogP contribution in [0.2, 0.25) is 0 Å². The molecule has 1 amide bonds. The van der Waals surface area contributed by atoms with Gasteiger partial charge in [-0.05, 0) is 30.5 Å². The van der Waals surface area contributed by atoms with Crippen LogP contribution >= 0.6 is 0 Å². The van der Waals surface area contributed by atoms with Crippen molar-refractivity contribution in [3.63, 3.8) is 0 Å². The van der Waals surface area contributed by atoms with E-state index in [1.807, 2.05) is 0 Å². The van der Waals surface area contributed by atoms with E-state index in [0.29, 0.717) is 31.5 Å². The molecule has 0 aliphatic carbocycles. The Labute approximate surface area is 120 Å². The van der Waals surface area contributed by atoms with Crippen LogP contribution in [0.1, 0.15) is 18.4 Å². The van der Waals surface area contributed by atoms with Crippen LogP contribution in [0.4, 0.5) is 13.2 Å². The summed E-state index contributed by atoms with van der Waals surface area (Å²) in [7, 11) is 0. The molecule has 4 nitrogen and oxygen atoms in total. The van der Waals surface area contributed by atoms with Crippen LogP contribution in [0.25, 0.3) is 0 Å². The molecule has 21 heavy (non-hydrogen) atoms. The summed E-state index contributed by atoms with van der Waals surface area (Å²) in [5.41, 5.74) is 0.466. The quantitative estimate of drug-likeness (QED) is 0.930. The highest BCUT2D eigenvalue weighted by atomic mass is 19.4. The Hall–Kier alpha value is -1.76. The standard InChI is InChI=1S/C14H16F3NO3/c15-14(16,17)21-12-3-1-2-10(8-12)9-13(20)18-6-4-11(19)5-7-18/h1-3,8,11,19H,4-7,9H2. The second-order valence-corrected chi connectivity index (χ2v) is 4.98. The minimum absolute atomic E-state index is 0.0190. The number of benzene rings is 1. The van der Waals surface area contributed by atoms with E-state index in [2.05, 4.69) is 4.74 Å². The summed E-state index contributed by atoms with van der Waals surface area (Å²) in [6.07, 6.45) is -4.04. The van der Waals surface area contributed by atoms with Gasteiger partial charge in [0.05, 0.1) is 12.5 Å². The van der Waals surface area contributed by atoms with E-state index >= 15 is 0 Å². The number of amides is 1. The van der Waals surface area contributed by atoms with Crippen LogP contribution in [0.15, 0.2) is 24.3 Å². The number of hydrogen-bond donors (Lipinski definition) is 1. The first-order valence-corrected chi connectivity index (χ1v) is 6.64. The number of piperidine rings is 1. The number of carbonyl (C=O) groups excluding carboxylic acids is 1. The Kier molecular flexibility index (Phi) is 4.72. The van der Waals surface area contributed by atoms with Crippen molar-refractivity contribution in [2.75, 3.05) is 13.1 Å². The predicted octanol–water partition coefficient (Wildman–Crippen LogP) is 2.11. The van der Waals surface area contributed by atoms with Crippen molar-refractivity contribution in [3.8, 4) is 5.75 Å². The van der Waals surface area contributed by atoms with Gasteiger partial charge >= 0.3 is 6.36 Å². The van der Waals surface area contributed by atoms with Gasteiger partial charge in [-0.1, -0.05) is 12.1 Å². The summed E-state index contributed by atoms with van der Waals surface area (Å²) in [6.45, 7) is 0.942. The van der Waals surface area contributed by atoms with Gasteiger partial charge in [-0.25, -0.2) is 0 Å². The van der Waals surface area contributed by atoms with E-state index in [1.165, 1.54) is 18.2 Å². The fourth-order valence-electron chi connectivity index (χ4n) is 2.25. The van der Waals surface area contributed by atoms with Gasteiger partial charge in [0.25, 0.3) is 0 Å². The molecule has 1 aromatic rings. The number of nitrogens with zero attached hydrogens (tertiary/aromatic N) is 1. The molecule has 1 N–H and O–H groups in total. The molecule has 0 unspecified atom stereocenters. The van der Waals surface area contributed by atoms with Gasteiger partial charge in [-0.3, -0.25) is 4.79 Å². The lowest BCUT2D eigenvalue weighted by atomic mass is 10.1. The number of likely N-dealkylation sites (tertiary alicyclic amines) is 1. The van der Waals surface area contributed by atoms with E-state index < -0.39 is 6.36 Å². The van der Waals surface area contributed by atoms with E-state index in [1.54, 1.807) is 11.0 Å². The Bertz CT molecular complexity index is 496. The number of halogens is 3. The summed E-state index contributed by atoms with van der Waals surface area (Å²) in [5.74, 6) is -0.493. The molecule has 1 fully saturated rings. The molecular formula is C14H16F3NO3. The SMILES string of the molecule is O=C(Cc1cccc(OC(F)(F)F)c1)N1CCC(O)CC1. The summed E-state index contributed by atoms with van der Waals surface area (Å²) in [4.78, 5) is 13.7. The number of aliphatic hydroxyl groups is 1. The first kappa shape index (κ1) is 15.6. The summed E-state index contributed by atoms with van der Waals surface area (Å²) in [6, 6.07) is 5.41. The predicted molar refractivity (Wildman–Crippen MR) is 68.6 cm³/mol. The first-order valence-electron chi connectivity index (χ1n) is 6.64. The van der Waals surface area contributed by atoms with Crippen molar-refractivity contribution >= 4 is 5.91 Å². The maximum atomic E-state index is 12.1. The van der Waals surface area contributed by atoms with Gasteiger partial charge in [-0.15, -0.1) is 13.2 Å². The highest BCUT2D eigenvalue weighted by Crippen LogP contribution is 2.23. The number of hydrogen-bond acceptors (Lipinski definition) is 3. The van der Waals surface area contributed by atoms with Crippen molar-refractivity contribution in [1.29, 1.82) is 0 Å². The molecule has 0 spiro atoms. The fourth-order valence-corrected chi connectivity index (χ4v) is 2.25. The average Bonchev–Trinajstić information content (AvgIpc) is 2.37. The second-order valence-electron chi connectivity index (χ2n) is 4.98. The first-order chi connectivity index (χ1) is 9.83. The molecule has 1 heterocycles. The molecule has 1 aliphatic heterocycles. The zero-order chi connectivity index (χ0) is 15.5. The number of carbonyl (C=O) groups is 1. The molecular weight excluding hydrogens is 287 g/mol. The smallest absolute Gasteiger partial charge is 0.406 e. The summed E-state index contributed by atoms with van der Waals surface area (Å²) < 4.78 is 40.3. The van der Waals surface area contributed by atoms with Crippen molar-refractivity contribution in [2.45, 2.75) is 31.7 Å².